The van der Waals surface area contributed by atoms with Crippen LogP contribution in [0.4, 0.5) is 20.2 Å². The van der Waals surface area contributed by atoms with Crippen LogP contribution in [0.25, 0.3) is 0 Å². The van der Waals surface area contributed by atoms with Gasteiger partial charge in [-0.2, -0.15) is 8.78 Å². The second kappa shape index (κ2) is 10.9. The number of benzene rings is 2. The number of hydrogen-bond acceptors (Lipinski definition) is 6. The highest BCUT2D eigenvalue weighted by atomic mass is 127. The monoisotopic (exact) mass is 615 g/mol. The quantitative estimate of drug-likeness (QED) is 0.212. The van der Waals surface area contributed by atoms with Crippen LogP contribution < -0.4 is 4.90 Å². The molecule has 5 nitrogen and oxygen atoms in total. The zero-order valence-corrected chi connectivity index (χ0v) is 23.4. The lowest BCUT2D eigenvalue weighted by atomic mass is 10.1. The summed E-state index contributed by atoms with van der Waals surface area (Å²) in [6.07, 6.45) is 0.912. The van der Waals surface area contributed by atoms with Crippen molar-refractivity contribution in [3.63, 3.8) is 0 Å². The van der Waals surface area contributed by atoms with Crippen molar-refractivity contribution in [3.05, 3.63) is 48.0 Å². The Morgan fingerprint density at radius 3 is 2.31 bits per heavy atom. The van der Waals surface area contributed by atoms with Crippen molar-refractivity contribution in [1.82, 2.24) is 9.80 Å². The highest BCUT2D eigenvalue weighted by molar-refractivity contribution is 14.1. The van der Waals surface area contributed by atoms with Gasteiger partial charge in [0.1, 0.15) is 5.60 Å². The minimum atomic E-state index is -2.90. The van der Waals surface area contributed by atoms with Gasteiger partial charge in [-0.1, -0.05) is 30.0 Å². The molecule has 190 valence electrons. The minimum absolute atomic E-state index is 0.0305. The molecule has 35 heavy (non-hydrogen) atoms. The Morgan fingerprint density at radius 1 is 0.971 bits per heavy atom. The number of alkyl halides is 3. The zero-order chi connectivity index (χ0) is 25.2. The molecule has 2 heterocycles. The zero-order valence-electron chi connectivity index (χ0n) is 20.4. The summed E-state index contributed by atoms with van der Waals surface area (Å²) in [7, 11) is 0. The van der Waals surface area contributed by atoms with Crippen LogP contribution in [-0.2, 0) is 13.5 Å². The third kappa shape index (κ3) is 7.08. The van der Waals surface area contributed by atoms with Crippen molar-refractivity contribution in [2.24, 2.45) is 0 Å². The number of halogens is 3. The standard InChI is InChI=1S/C26H32F2IN3O2S/c1-25(2,3)34-24(33)18-31-15-13-30(14-16-31)11-6-12-32-20-7-4-5-8-22(20)35-23-10-9-19(17-21(23)32)26(27,28)29/h4-5,7-10,17H,6,11-16,18H2,1-3H3. The lowest BCUT2D eigenvalue weighted by Crippen LogP contribution is -2.49. The SMILES string of the molecule is CC(C)(C)OC(=O)CN1CCN(CCCN2c3ccccc3Sc3ccc(C(F)(F)I)cc32)CC1. The highest BCUT2D eigenvalue weighted by Crippen LogP contribution is 2.50. The van der Waals surface area contributed by atoms with E-state index in [1.165, 1.54) is 28.7 Å². The van der Waals surface area contributed by atoms with Gasteiger partial charge in [0, 0.05) is 70.7 Å². The average Bonchev–Trinajstić information content (AvgIpc) is 2.77. The highest BCUT2D eigenvalue weighted by Gasteiger charge is 2.31. The summed E-state index contributed by atoms with van der Waals surface area (Å²) in [6, 6.07) is 13.1. The molecule has 0 spiro atoms. The smallest absolute Gasteiger partial charge is 0.321 e. The maximum Gasteiger partial charge on any atom is 0.321 e. The molecule has 0 radical (unpaired) electrons. The Hall–Kier alpha value is -1.43. The van der Waals surface area contributed by atoms with Crippen molar-refractivity contribution in [2.45, 2.75) is 46.5 Å². The largest absolute Gasteiger partial charge is 0.459 e. The molecule has 4 rings (SSSR count). The maximum absolute atomic E-state index is 14.1. The molecule has 0 N–H and O–H groups in total. The first-order chi connectivity index (χ1) is 16.5. The van der Waals surface area contributed by atoms with E-state index < -0.39 is 9.53 Å². The van der Waals surface area contributed by atoms with Crippen LogP contribution in [0.15, 0.2) is 52.3 Å². The van der Waals surface area contributed by atoms with Gasteiger partial charge in [0.25, 0.3) is 0 Å². The average molecular weight is 616 g/mol. The summed E-state index contributed by atoms with van der Waals surface area (Å²) in [5.74, 6) is -0.178. The van der Waals surface area contributed by atoms with E-state index >= 15 is 0 Å². The van der Waals surface area contributed by atoms with Gasteiger partial charge in [0.2, 0.25) is 0 Å². The number of nitrogens with zero attached hydrogens (tertiary/aromatic N) is 3. The molecule has 2 aliphatic rings. The van der Waals surface area contributed by atoms with Gasteiger partial charge in [0.05, 0.1) is 17.9 Å². The van der Waals surface area contributed by atoms with E-state index in [1.54, 1.807) is 17.8 Å². The fraction of sp³-hybridized carbons (Fsp3) is 0.500. The van der Waals surface area contributed by atoms with Crippen LogP contribution in [0.2, 0.25) is 0 Å². The van der Waals surface area contributed by atoms with Crippen LogP contribution >= 0.6 is 34.4 Å². The summed E-state index contributed by atoms with van der Waals surface area (Å²) < 4.78 is 30.6. The van der Waals surface area contributed by atoms with Crippen LogP contribution in [0.1, 0.15) is 32.8 Å². The number of para-hydroxylation sites is 1. The molecule has 0 amide bonds. The molecule has 2 aromatic rings. The number of carbonyl (C=O) groups is 1. The molecular formula is C26H32F2IN3O2S. The Labute approximate surface area is 224 Å². The van der Waals surface area contributed by atoms with E-state index in [0.717, 1.165) is 66.9 Å². The number of fused-ring (bicyclic) bond motifs is 2. The van der Waals surface area contributed by atoms with Crippen molar-refractivity contribution >= 4 is 51.7 Å². The van der Waals surface area contributed by atoms with E-state index in [4.69, 9.17) is 4.74 Å². The summed E-state index contributed by atoms with van der Waals surface area (Å²) in [4.78, 5) is 21.0. The summed E-state index contributed by atoms with van der Waals surface area (Å²) in [5, 5.41) is 0. The van der Waals surface area contributed by atoms with Gasteiger partial charge >= 0.3 is 9.90 Å². The lowest BCUT2D eigenvalue weighted by Gasteiger charge is -2.36. The Morgan fingerprint density at radius 2 is 1.63 bits per heavy atom. The van der Waals surface area contributed by atoms with Crippen LogP contribution in [0.3, 0.4) is 0 Å². The second-order valence-corrected chi connectivity index (χ2v) is 12.4. The summed E-state index contributed by atoms with van der Waals surface area (Å²) >= 11 is 2.83. The van der Waals surface area contributed by atoms with E-state index in [9.17, 15) is 13.6 Å². The first kappa shape index (κ1) is 26.6. The number of piperazine rings is 1. The third-order valence-corrected chi connectivity index (χ3v) is 7.80. The van der Waals surface area contributed by atoms with E-state index in [0.29, 0.717) is 6.54 Å². The van der Waals surface area contributed by atoms with E-state index in [1.807, 2.05) is 39.0 Å². The fourth-order valence-corrected chi connectivity index (χ4v) is 5.84. The topological polar surface area (TPSA) is 36.0 Å². The number of rotatable bonds is 7. The van der Waals surface area contributed by atoms with Gasteiger partial charge in [-0.05, 0) is 58.0 Å². The number of hydrogen-bond donors (Lipinski definition) is 0. The number of esters is 1. The van der Waals surface area contributed by atoms with E-state index in [2.05, 4.69) is 26.8 Å². The third-order valence-electron chi connectivity index (χ3n) is 6.05. The molecule has 0 aromatic heterocycles. The predicted molar refractivity (Wildman–Crippen MR) is 145 cm³/mol. The second-order valence-electron chi connectivity index (χ2n) is 9.96. The van der Waals surface area contributed by atoms with Gasteiger partial charge in [-0.25, -0.2) is 0 Å². The van der Waals surface area contributed by atoms with Crippen LogP contribution in [0.5, 0.6) is 0 Å². The normalized spacial score (nSPS) is 17.1. The number of anilines is 2. The van der Waals surface area contributed by atoms with Crippen LogP contribution in [0, 0.1) is 0 Å². The Kier molecular flexibility index (Phi) is 8.29. The van der Waals surface area contributed by atoms with E-state index in [-0.39, 0.29) is 11.5 Å². The number of ether oxygens (including phenoxy) is 1. The fourth-order valence-electron chi connectivity index (χ4n) is 4.43. The maximum atomic E-state index is 14.1. The van der Waals surface area contributed by atoms with Crippen molar-refractivity contribution in [3.8, 4) is 0 Å². The predicted octanol–water partition coefficient (Wildman–Crippen LogP) is 6.12. The first-order valence-electron chi connectivity index (χ1n) is 11.9. The van der Waals surface area contributed by atoms with Crippen molar-refractivity contribution < 1.29 is 18.3 Å². The minimum Gasteiger partial charge on any atom is -0.459 e. The van der Waals surface area contributed by atoms with Gasteiger partial charge in [0.15, 0.2) is 0 Å². The molecule has 0 bridgehead atoms. The molecule has 2 aliphatic heterocycles. The molecule has 0 saturated carbocycles. The lowest BCUT2D eigenvalue weighted by molar-refractivity contribution is -0.156. The molecule has 0 unspecified atom stereocenters. The summed E-state index contributed by atoms with van der Waals surface area (Å²) in [5.41, 5.74) is 1.49. The Balaban J connectivity index is 1.35. The van der Waals surface area contributed by atoms with Gasteiger partial charge in [-0.3, -0.25) is 9.69 Å². The number of carbonyl (C=O) groups excluding carboxylic acids is 1. The molecule has 2 aromatic carbocycles. The molecule has 0 aliphatic carbocycles. The van der Waals surface area contributed by atoms with Crippen molar-refractivity contribution in [1.29, 1.82) is 0 Å². The molecular weight excluding hydrogens is 583 g/mol. The van der Waals surface area contributed by atoms with Gasteiger partial charge in [-0.15, -0.1) is 0 Å². The molecule has 1 saturated heterocycles. The Bertz CT molecular complexity index is 1050. The summed E-state index contributed by atoms with van der Waals surface area (Å²) in [6.45, 7) is 11.1. The molecule has 1 fully saturated rings. The van der Waals surface area contributed by atoms with Crippen molar-refractivity contribution in [2.75, 3.05) is 50.7 Å². The molecule has 9 heteroatoms. The molecule has 0 atom stereocenters. The first-order valence-corrected chi connectivity index (χ1v) is 13.8. The van der Waals surface area contributed by atoms with Gasteiger partial charge < -0.3 is 14.5 Å². The van der Waals surface area contributed by atoms with Crippen LogP contribution in [-0.4, -0.2) is 67.2 Å².